The Bertz CT molecular complexity index is 1550. The molecular weight excluding hydrogens is 675 g/mol. The van der Waals surface area contributed by atoms with Crippen LogP contribution < -0.4 is 25.3 Å². The highest BCUT2D eigenvalue weighted by Crippen LogP contribution is 2.41. The minimum Gasteiger partial charge on any atom is -0.490 e. The second kappa shape index (κ2) is 19.0. The summed E-state index contributed by atoms with van der Waals surface area (Å²) in [4.78, 5) is 28.1. The molecule has 2 aromatic carbocycles. The molecule has 1 heterocycles. The highest BCUT2D eigenvalue weighted by molar-refractivity contribution is 6.06. The fraction of sp³-hybridized carbons (Fsp3) is 0.457. The van der Waals surface area contributed by atoms with Crippen molar-refractivity contribution in [1.29, 1.82) is 0 Å². The molecule has 0 saturated heterocycles. The Balaban J connectivity index is 1.76. The van der Waals surface area contributed by atoms with Gasteiger partial charge in [-0.3, -0.25) is 9.59 Å². The smallest absolute Gasteiger partial charge is 0.490 e. The summed E-state index contributed by atoms with van der Waals surface area (Å²) in [5.41, 5.74) is 1.90. The van der Waals surface area contributed by atoms with E-state index in [0.717, 1.165) is 68.6 Å². The van der Waals surface area contributed by atoms with Crippen molar-refractivity contribution in [2.75, 3.05) is 11.9 Å². The number of halogens is 7. The molecule has 3 aromatic rings. The Morgan fingerprint density at radius 3 is 1.92 bits per heavy atom. The third-order valence-electron chi connectivity index (χ3n) is 7.53. The number of nitrogens with two attached hydrogens (primary N) is 1. The molecule has 3 N–H and O–H groups in total. The van der Waals surface area contributed by atoms with Gasteiger partial charge in [-0.15, -0.1) is 13.2 Å². The van der Waals surface area contributed by atoms with E-state index in [4.69, 9.17) is 15.2 Å². The van der Waals surface area contributed by atoms with Crippen molar-refractivity contribution in [2.45, 2.75) is 96.5 Å². The molecule has 0 atom stereocenters. The zero-order valence-corrected chi connectivity index (χ0v) is 27.5. The van der Waals surface area contributed by atoms with E-state index in [-0.39, 0.29) is 29.5 Å². The largest absolute Gasteiger partial charge is 0.573 e. The van der Waals surface area contributed by atoms with Crippen LogP contribution in [0, 0.1) is 5.82 Å². The normalized spacial score (nSPS) is 11.7. The number of primary amides is 1. The van der Waals surface area contributed by atoms with E-state index in [1.165, 1.54) is 38.5 Å². The fourth-order valence-electron chi connectivity index (χ4n) is 5.01. The van der Waals surface area contributed by atoms with Crippen LogP contribution in [-0.4, -0.2) is 29.8 Å². The summed E-state index contributed by atoms with van der Waals surface area (Å²) in [6.07, 6.45) is 3.64. The maximum Gasteiger partial charge on any atom is 0.573 e. The minimum atomic E-state index is -5.19. The van der Waals surface area contributed by atoms with Crippen LogP contribution in [0.2, 0.25) is 0 Å². The van der Waals surface area contributed by atoms with Crippen LogP contribution in [0.5, 0.6) is 23.0 Å². The Hall–Kier alpha value is -4.56. The number of nitrogens with zero attached hydrogens (tertiary/aromatic N) is 1. The van der Waals surface area contributed by atoms with Crippen molar-refractivity contribution >= 4 is 17.5 Å². The molecule has 0 aliphatic rings. The van der Waals surface area contributed by atoms with Crippen LogP contribution in [-0.2, 0) is 6.18 Å². The number of hydrogen-bond acceptors (Lipinski definition) is 6. The van der Waals surface area contributed by atoms with Gasteiger partial charge in [0.1, 0.15) is 22.8 Å². The summed E-state index contributed by atoms with van der Waals surface area (Å²) >= 11 is 0. The van der Waals surface area contributed by atoms with Gasteiger partial charge in [0.2, 0.25) is 0 Å². The monoisotopic (exact) mass is 715 g/mol. The third-order valence-corrected chi connectivity index (χ3v) is 7.53. The summed E-state index contributed by atoms with van der Waals surface area (Å²) in [7, 11) is 0. The number of carbonyl (C=O) groups is 2. The van der Waals surface area contributed by atoms with Gasteiger partial charge in [0, 0.05) is 6.07 Å². The first kappa shape index (κ1) is 39.9. The SMILES string of the molecule is CCCCCCCCCCCCCCOc1cc(OC(F)(F)F)ccc1Oc1ccc(C(F)(F)F)c(F)c1C(=O)Nc1ccc(C(N)=O)nc1. The first-order valence-corrected chi connectivity index (χ1v) is 16.4. The van der Waals surface area contributed by atoms with Crippen LogP contribution in [0.4, 0.5) is 36.4 Å². The molecule has 15 heteroatoms. The number of unbranched alkanes of at least 4 members (excludes halogenated alkanes) is 11. The minimum absolute atomic E-state index is 0.0479. The molecule has 0 bridgehead atoms. The van der Waals surface area contributed by atoms with Crippen molar-refractivity contribution in [3.8, 4) is 23.0 Å². The fourth-order valence-corrected chi connectivity index (χ4v) is 5.01. The van der Waals surface area contributed by atoms with Crippen molar-refractivity contribution in [3.05, 3.63) is 71.3 Å². The summed E-state index contributed by atoms with van der Waals surface area (Å²) in [6, 6.07) is 6.08. The molecule has 0 radical (unpaired) electrons. The van der Waals surface area contributed by atoms with E-state index in [1.54, 1.807) is 0 Å². The molecular formula is C35H40F7N3O5. The predicted molar refractivity (Wildman–Crippen MR) is 172 cm³/mol. The molecule has 50 heavy (non-hydrogen) atoms. The summed E-state index contributed by atoms with van der Waals surface area (Å²) < 4.78 is 110. The van der Waals surface area contributed by atoms with Gasteiger partial charge < -0.3 is 25.3 Å². The molecule has 0 unspecified atom stereocenters. The van der Waals surface area contributed by atoms with Crippen LogP contribution in [0.3, 0.4) is 0 Å². The molecule has 0 saturated carbocycles. The lowest BCUT2D eigenvalue weighted by molar-refractivity contribution is -0.274. The lowest BCUT2D eigenvalue weighted by atomic mass is 10.1. The van der Waals surface area contributed by atoms with E-state index in [2.05, 4.69) is 22.0 Å². The summed E-state index contributed by atoms with van der Waals surface area (Å²) in [6.45, 7) is 2.23. The second-order valence-electron chi connectivity index (χ2n) is 11.5. The van der Waals surface area contributed by atoms with Crippen molar-refractivity contribution in [3.63, 3.8) is 0 Å². The van der Waals surface area contributed by atoms with Crippen LogP contribution in [0.1, 0.15) is 110 Å². The van der Waals surface area contributed by atoms with Gasteiger partial charge >= 0.3 is 12.5 Å². The van der Waals surface area contributed by atoms with Gasteiger partial charge in [-0.25, -0.2) is 9.37 Å². The van der Waals surface area contributed by atoms with E-state index in [1.807, 2.05) is 0 Å². The molecule has 0 fully saturated rings. The van der Waals surface area contributed by atoms with Crippen LogP contribution in [0.25, 0.3) is 0 Å². The van der Waals surface area contributed by atoms with Gasteiger partial charge in [0.25, 0.3) is 11.8 Å². The van der Waals surface area contributed by atoms with Gasteiger partial charge in [0.15, 0.2) is 17.3 Å². The van der Waals surface area contributed by atoms with E-state index in [0.29, 0.717) is 18.6 Å². The topological polar surface area (TPSA) is 113 Å². The van der Waals surface area contributed by atoms with Gasteiger partial charge in [-0.05, 0) is 42.8 Å². The van der Waals surface area contributed by atoms with Gasteiger partial charge in [-0.2, -0.15) is 13.2 Å². The van der Waals surface area contributed by atoms with Crippen molar-refractivity contribution in [2.24, 2.45) is 5.73 Å². The number of nitrogens with one attached hydrogen (secondary N) is 1. The molecule has 0 aliphatic carbocycles. The maximum atomic E-state index is 15.4. The first-order valence-electron chi connectivity index (χ1n) is 16.4. The number of rotatable bonds is 20. The summed E-state index contributed by atoms with van der Waals surface area (Å²) in [5.74, 6) is -6.20. The Morgan fingerprint density at radius 2 is 1.38 bits per heavy atom. The van der Waals surface area contributed by atoms with E-state index < -0.39 is 52.8 Å². The number of amides is 2. The maximum absolute atomic E-state index is 15.4. The molecule has 8 nitrogen and oxygen atoms in total. The molecule has 2 amide bonds. The number of alkyl halides is 6. The Kier molecular flexibility index (Phi) is 15.2. The molecule has 1 aromatic heterocycles. The number of pyridine rings is 1. The standard InChI is InChI=1S/C35H40F7N3O5/c1-2-3-4-5-6-7-8-9-10-11-12-13-20-48-29-21-24(50-35(40,41)42)15-18-27(29)49-28-19-16-25(34(37,38)39)31(36)30(28)33(47)45-23-14-17-26(32(43)46)44-22-23/h14-19,21-22H,2-13,20H2,1H3,(H2,43,46)(H,45,47). The zero-order valence-electron chi connectivity index (χ0n) is 27.5. The number of hydrogen-bond donors (Lipinski definition) is 2. The van der Waals surface area contributed by atoms with Gasteiger partial charge in [-0.1, -0.05) is 77.6 Å². The van der Waals surface area contributed by atoms with Crippen LogP contribution in [0.15, 0.2) is 48.7 Å². The van der Waals surface area contributed by atoms with Crippen molar-refractivity contribution in [1.82, 2.24) is 4.98 Å². The molecule has 0 spiro atoms. The number of aromatic nitrogens is 1. The second-order valence-corrected chi connectivity index (χ2v) is 11.5. The highest BCUT2D eigenvalue weighted by atomic mass is 19.4. The quantitative estimate of drug-likeness (QED) is 0.0890. The highest BCUT2D eigenvalue weighted by Gasteiger charge is 2.38. The average Bonchev–Trinajstić information content (AvgIpc) is 3.03. The predicted octanol–water partition coefficient (Wildman–Crippen LogP) is 10.4. The number of benzene rings is 2. The molecule has 3 rings (SSSR count). The lowest BCUT2D eigenvalue weighted by Crippen LogP contribution is -2.19. The third kappa shape index (κ3) is 13.0. The number of anilines is 1. The van der Waals surface area contributed by atoms with Gasteiger partial charge in [0.05, 0.1) is 24.1 Å². The lowest BCUT2D eigenvalue weighted by Gasteiger charge is -2.18. The number of carbonyl (C=O) groups excluding carboxylic acids is 2. The summed E-state index contributed by atoms with van der Waals surface area (Å²) in [5, 5.41) is 2.18. The number of ether oxygens (including phenoxy) is 3. The first-order chi connectivity index (χ1) is 23.7. The van der Waals surface area contributed by atoms with Crippen LogP contribution >= 0.6 is 0 Å². The van der Waals surface area contributed by atoms with E-state index in [9.17, 15) is 35.9 Å². The van der Waals surface area contributed by atoms with E-state index >= 15 is 4.39 Å². The van der Waals surface area contributed by atoms with Crippen molar-refractivity contribution < 1.29 is 54.5 Å². The zero-order chi connectivity index (χ0) is 36.7. The molecule has 274 valence electrons. The Labute approximate surface area is 285 Å². The molecule has 0 aliphatic heterocycles. The average molecular weight is 716 g/mol. The Morgan fingerprint density at radius 1 is 0.780 bits per heavy atom.